The summed E-state index contributed by atoms with van der Waals surface area (Å²) in [6.07, 6.45) is 2.12. The van der Waals surface area contributed by atoms with Crippen LogP contribution >= 0.6 is 0 Å². The lowest BCUT2D eigenvalue weighted by Gasteiger charge is -2.10. The summed E-state index contributed by atoms with van der Waals surface area (Å²) in [6, 6.07) is 18.8. The van der Waals surface area contributed by atoms with Gasteiger partial charge in [0, 0.05) is 5.69 Å². The number of halogens is 1. The van der Waals surface area contributed by atoms with Crippen LogP contribution in [-0.2, 0) is 16.4 Å². The van der Waals surface area contributed by atoms with E-state index >= 15 is 0 Å². The highest BCUT2D eigenvalue weighted by Gasteiger charge is 2.18. The van der Waals surface area contributed by atoms with Crippen LogP contribution in [0, 0.1) is 12.7 Å². The Morgan fingerprint density at radius 3 is 2.35 bits per heavy atom. The topological polar surface area (TPSA) is 93.1 Å². The molecule has 0 aliphatic carbocycles. The molecular formula is C25H23FN4O3S. The highest BCUT2D eigenvalue weighted by molar-refractivity contribution is 7.92. The Morgan fingerprint density at radius 2 is 1.71 bits per heavy atom. The van der Waals surface area contributed by atoms with E-state index in [1.165, 1.54) is 48.7 Å². The van der Waals surface area contributed by atoms with Gasteiger partial charge < -0.3 is 5.32 Å². The average Bonchev–Trinajstić information content (AvgIpc) is 3.24. The molecule has 1 heterocycles. The van der Waals surface area contributed by atoms with Crippen LogP contribution in [0.15, 0.2) is 83.9 Å². The van der Waals surface area contributed by atoms with Crippen LogP contribution in [-0.4, -0.2) is 24.1 Å². The zero-order valence-corrected chi connectivity index (χ0v) is 19.4. The molecule has 1 amide bonds. The van der Waals surface area contributed by atoms with Gasteiger partial charge >= 0.3 is 0 Å². The van der Waals surface area contributed by atoms with E-state index in [4.69, 9.17) is 0 Å². The van der Waals surface area contributed by atoms with Crippen molar-refractivity contribution < 1.29 is 17.6 Å². The number of anilines is 2. The number of hydrogen-bond acceptors (Lipinski definition) is 4. The average molecular weight is 479 g/mol. The fraction of sp³-hybridized carbons (Fsp3) is 0.120. The Bertz CT molecular complexity index is 1430. The molecule has 7 nitrogen and oxygen atoms in total. The second-order valence-corrected chi connectivity index (χ2v) is 9.38. The van der Waals surface area contributed by atoms with Crippen LogP contribution in [0.3, 0.4) is 0 Å². The first-order valence-electron chi connectivity index (χ1n) is 10.6. The minimum Gasteiger partial charge on any atom is -0.322 e. The summed E-state index contributed by atoms with van der Waals surface area (Å²) in [5.74, 6) is -0.890. The minimum absolute atomic E-state index is 0.0174. The number of carbonyl (C=O) groups excluding carboxylic acids is 1. The van der Waals surface area contributed by atoms with Crippen molar-refractivity contribution in [2.75, 3.05) is 10.0 Å². The Hall–Kier alpha value is -3.98. The van der Waals surface area contributed by atoms with Crippen molar-refractivity contribution in [2.45, 2.75) is 25.2 Å². The Morgan fingerprint density at radius 1 is 1.00 bits per heavy atom. The van der Waals surface area contributed by atoms with Crippen LogP contribution in [0.5, 0.6) is 0 Å². The summed E-state index contributed by atoms with van der Waals surface area (Å²) in [6.45, 7) is 3.95. The number of nitrogens with zero attached hydrogens (tertiary/aromatic N) is 2. The normalized spacial score (nSPS) is 11.3. The highest BCUT2D eigenvalue weighted by atomic mass is 32.2. The number of sulfonamides is 1. The summed E-state index contributed by atoms with van der Waals surface area (Å²) in [5, 5.41) is 7.17. The monoisotopic (exact) mass is 478 g/mol. The van der Waals surface area contributed by atoms with Crippen molar-refractivity contribution in [3.05, 3.63) is 102 Å². The van der Waals surface area contributed by atoms with Crippen molar-refractivity contribution in [2.24, 2.45) is 0 Å². The van der Waals surface area contributed by atoms with Crippen LogP contribution < -0.4 is 10.0 Å². The zero-order chi connectivity index (χ0) is 24.3. The van der Waals surface area contributed by atoms with Gasteiger partial charge in [0.15, 0.2) is 0 Å². The smallest absolute Gasteiger partial charge is 0.261 e. The van der Waals surface area contributed by atoms with E-state index in [9.17, 15) is 17.6 Å². The largest absolute Gasteiger partial charge is 0.322 e. The van der Waals surface area contributed by atoms with Gasteiger partial charge in [0.2, 0.25) is 0 Å². The van der Waals surface area contributed by atoms with Crippen LogP contribution in [0.2, 0.25) is 0 Å². The molecule has 34 heavy (non-hydrogen) atoms. The Kier molecular flexibility index (Phi) is 6.47. The summed E-state index contributed by atoms with van der Waals surface area (Å²) in [4.78, 5) is 12.9. The van der Waals surface area contributed by atoms with Gasteiger partial charge in [0.25, 0.3) is 15.9 Å². The zero-order valence-electron chi connectivity index (χ0n) is 18.6. The van der Waals surface area contributed by atoms with E-state index in [1.807, 2.05) is 38.1 Å². The SMILES string of the molecule is CCc1c(C(=O)Nc2ccc(S(=O)(=O)Nc3cccc(F)c3)cc2)cnn1-c1ccc(C)cc1. The lowest BCUT2D eigenvalue weighted by atomic mass is 10.1. The minimum atomic E-state index is -3.91. The number of benzene rings is 3. The quantitative estimate of drug-likeness (QED) is 0.394. The van der Waals surface area contributed by atoms with E-state index < -0.39 is 15.8 Å². The molecule has 0 atom stereocenters. The van der Waals surface area contributed by atoms with Gasteiger partial charge in [-0.2, -0.15) is 5.10 Å². The molecular weight excluding hydrogens is 455 g/mol. The molecule has 0 radical (unpaired) electrons. The number of aryl methyl sites for hydroxylation is 1. The summed E-state index contributed by atoms with van der Waals surface area (Å²) < 4.78 is 42.6. The van der Waals surface area contributed by atoms with Gasteiger partial charge in [-0.3, -0.25) is 9.52 Å². The second-order valence-electron chi connectivity index (χ2n) is 7.70. The maximum atomic E-state index is 13.3. The van der Waals surface area contributed by atoms with Crippen molar-refractivity contribution in [3.63, 3.8) is 0 Å². The van der Waals surface area contributed by atoms with E-state index in [-0.39, 0.29) is 16.5 Å². The van der Waals surface area contributed by atoms with Crippen molar-refractivity contribution in [3.8, 4) is 5.69 Å². The van der Waals surface area contributed by atoms with Crippen molar-refractivity contribution in [1.29, 1.82) is 0 Å². The summed E-state index contributed by atoms with van der Waals surface area (Å²) in [5.41, 5.74) is 3.74. The highest BCUT2D eigenvalue weighted by Crippen LogP contribution is 2.21. The third-order valence-corrected chi connectivity index (χ3v) is 6.62. The molecule has 0 saturated heterocycles. The van der Waals surface area contributed by atoms with Crippen LogP contribution in [0.4, 0.5) is 15.8 Å². The third kappa shape index (κ3) is 4.99. The number of rotatable bonds is 7. The number of carbonyl (C=O) groups is 1. The number of aromatic nitrogens is 2. The second kappa shape index (κ2) is 9.48. The van der Waals surface area contributed by atoms with E-state index in [0.29, 0.717) is 17.7 Å². The maximum absolute atomic E-state index is 13.3. The van der Waals surface area contributed by atoms with Gasteiger partial charge in [0.05, 0.1) is 33.7 Å². The molecule has 4 rings (SSSR count). The first-order valence-corrected chi connectivity index (χ1v) is 12.1. The van der Waals surface area contributed by atoms with Gasteiger partial charge in [-0.1, -0.05) is 30.7 Å². The van der Waals surface area contributed by atoms with E-state index in [1.54, 1.807) is 4.68 Å². The van der Waals surface area contributed by atoms with Gasteiger partial charge in [-0.25, -0.2) is 17.5 Å². The molecule has 0 unspecified atom stereocenters. The third-order valence-electron chi connectivity index (χ3n) is 5.23. The van der Waals surface area contributed by atoms with E-state index in [2.05, 4.69) is 15.1 Å². The molecule has 4 aromatic rings. The molecule has 0 saturated carbocycles. The van der Waals surface area contributed by atoms with Crippen molar-refractivity contribution in [1.82, 2.24) is 9.78 Å². The van der Waals surface area contributed by atoms with Gasteiger partial charge in [-0.15, -0.1) is 0 Å². The van der Waals surface area contributed by atoms with Gasteiger partial charge in [0.1, 0.15) is 5.82 Å². The van der Waals surface area contributed by atoms with E-state index in [0.717, 1.165) is 23.0 Å². The standard InChI is InChI=1S/C25H23FN4O3S/c1-3-24-23(16-27-30(24)21-11-7-17(2)8-12-21)25(31)28-19-9-13-22(14-10-19)34(32,33)29-20-6-4-5-18(26)15-20/h4-16,29H,3H2,1-2H3,(H,28,31). The predicted molar refractivity (Wildman–Crippen MR) is 129 cm³/mol. The van der Waals surface area contributed by atoms with Crippen molar-refractivity contribution >= 4 is 27.3 Å². The predicted octanol–water partition coefficient (Wildman–Crippen LogP) is 4.94. The first-order chi connectivity index (χ1) is 16.3. The maximum Gasteiger partial charge on any atom is 0.261 e. The molecule has 0 aliphatic rings. The molecule has 1 aromatic heterocycles. The van der Waals surface area contributed by atoms with Crippen LogP contribution in [0.1, 0.15) is 28.5 Å². The molecule has 0 spiro atoms. The summed E-state index contributed by atoms with van der Waals surface area (Å²) in [7, 11) is -3.91. The van der Waals surface area contributed by atoms with Gasteiger partial charge in [-0.05, 0) is 67.9 Å². The Balaban J connectivity index is 1.50. The number of amides is 1. The molecule has 3 aromatic carbocycles. The fourth-order valence-electron chi connectivity index (χ4n) is 3.49. The molecule has 0 fully saturated rings. The van der Waals surface area contributed by atoms with Crippen LogP contribution in [0.25, 0.3) is 5.69 Å². The number of hydrogen-bond donors (Lipinski definition) is 2. The summed E-state index contributed by atoms with van der Waals surface area (Å²) >= 11 is 0. The molecule has 2 N–H and O–H groups in total. The fourth-order valence-corrected chi connectivity index (χ4v) is 4.54. The molecule has 0 bridgehead atoms. The molecule has 9 heteroatoms. The lowest BCUT2D eigenvalue weighted by Crippen LogP contribution is -2.15. The number of nitrogens with one attached hydrogen (secondary N) is 2. The molecule has 0 aliphatic heterocycles. The lowest BCUT2D eigenvalue weighted by molar-refractivity contribution is 0.102. The first kappa shape index (κ1) is 23.2. The molecule has 174 valence electrons. The Labute approximate surface area is 197 Å².